The largest absolute Gasteiger partial charge is 0.357 e. The lowest BCUT2D eigenvalue weighted by Crippen LogP contribution is -2.36. The van der Waals surface area contributed by atoms with Crippen LogP contribution >= 0.6 is 11.3 Å². The van der Waals surface area contributed by atoms with E-state index in [1.165, 1.54) is 9.75 Å². The van der Waals surface area contributed by atoms with E-state index in [-0.39, 0.29) is 6.03 Å². The molecule has 6 nitrogen and oxygen atoms in total. The number of carbonyl (C=O) groups excluding carboxylic acids is 1. The van der Waals surface area contributed by atoms with Gasteiger partial charge >= 0.3 is 6.03 Å². The number of nitrogens with one attached hydrogen (secondary N) is 3. The van der Waals surface area contributed by atoms with E-state index in [0.29, 0.717) is 6.54 Å². The zero-order valence-electron chi connectivity index (χ0n) is 17.3. The Labute approximate surface area is 177 Å². The van der Waals surface area contributed by atoms with Crippen LogP contribution in [0.15, 0.2) is 41.4 Å². The number of benzene rings is 1. The van der Waals surface area contributed by atoms with Crippen molar-refractivity contribution in [2.45, 2.75) is 46.2 Å². The molecule has 0 spiro atoms. The van der Waals surface area contributed by atoms with E-state index >= 15 is 0 Å². The number of aryl methyl sites for hydroxylation is 1. The van der Waals surface area contributed by atoms with E-state index in [2.05, 4.69) is 41.9 Å². The Morgan fingerprint density at radius 3 is 2.62 bits per heavy atom. The van der Waals surface area contributed by atoms with E-state index < -0.39 is 0 Å². The number of aliphatic imine (C=N–C) groups is 1. The number of likely N-dealkylation sites (tertiary alicyclic amines) is 1. The van der Waals surface area contributed by atoms with E-state index in [4.69, 9.17) is 4.99 Å². The number of urea groups is 1. The molecule has 1 fully saturated rings. The Kier molecular flexibility index (Phi) is 7.93. The molecule has 2 heterocycles. The van der Waals surface area contributed by atoms with Gasteiger partial charge in [0.05, 0.1) is 13.1 Å². The zero-order chi connectivity index (χ0) is 20.5. The molecule has 1 saturated heterocycles. The van der Waals surface area contributed by atoms with Crippen molar-refractivity contribution in [3.8, 4) is 0 Å². The molecule has 0 unspecified atom stereocenters. The summed E-state index contributed by atoms with van der Waals surface area (Å²) in [5.41, 5.74) is 1.88. The monoisotopic (exact) mass is 413 g/mol. The lowest BCUT2D eigenvalue weighted by atomic mass is 10.2. The third-order valence-electron chi connectivity index (χ3n) is 4.83. The minimum absolute atomic E-state index is 0.0134. The van der Waals surface area contributed by atoms with Crippen LogP contribution in [0.2, 0.25) is 0 Å². The first-order valence-electron chi connectivity index (χ1n) is 10.4. The highest BCUT2D eigenvalue weighted by molar-refractivity contribution is 7.11. The van der Waals surface area contributed by atoms with Gasteiger partial charge in [0, 0.05) is 35.1 Å². The maximum atomic E-state index is 12.3. The third-order valence-corrected chi connectivity index (χ3v) is 6.06. The molecule has 156 valence electrons. The molecule has 0 bridgehead atoms. The molecule has 7 heteroatoms. The SMILES string of the molecule is CCNC(=NCc1cccc(NC(=O)N2CCCC2)c1)NCc1ccc(CC)s1. The van der Waals surface area contributed by atoms with Crippen molar-refractivity contribution >= 4 is 29.0 Å². The van der Waals surface area contributed by atoms with Crippen LogP contribution in [0.4, 0.5) is 10.5 Å². The molecule has 3 rings (SSSR count). The number of nitrogens with zero attached hydrogens (tertiary/aromatic N) is 2. The lowest BCUT2D eigenvalue weighted by molar-refractivity contribution is 0.222. The van der Waals surface area contributed by atoms with Crippen molar-refractivity contribution < 1.29 is 4.79 Å². The summed E-state index contributed by atoms with van der Waals surface area (Å²) in [6.07, 6.45) is 3.25. The maximum Gasteiger partial charge on any atom is 0.321 e. The predicted molar refractivity (Wildman–Crippen MR) is 122 cm³/mol. The number of rotatable bonds is 7. The van der Waals surface area contributed by atoms with E-state index in [0.717, 1.165) is 62.7 Å². The summed E-state index contributed by atoms with van der Waals surface area (Å²) in [6.45, 7) is 8.05. The molecular formula is C22H31N5OS. The van der Waals surface area contributed by atoms with Gasteiger partial charge in [0.15, 0.2) is 5.96 Å². The van der Waals surface area contributed by atoms with Crippen molar-refractivity contribution in [1.82, 2.24) is 15.5 Å². The fourth-order valence-electron chi connectivity index (χ4n) is 3.26. The summed E-state index contributed by atoms with van der Waals surface area (Å²) in [7, 11) is 0. The van der Waals surface area contributed by atoms with Gasteiger partial charge in [0.25, 0.3) is 0 Å². The van der Waals surface area contributed by atoms with Crippen LogP contribution in [0, 0.1) is 0 Å². The fraction of sp³-hybridized carbons (Fsp3) is 0.455. The van der Waals surface area contributed by atoms with Crippen LogP contribution in [0.1, 0.15) is 42.0 Å². The summed E-state index contributed by atoms with van der Waals surface area (Å²) < 4.78 is 0. The number of guanidine groups is 1. The molecule has 0 atom stereocenters. The Morgan fingerprint density at radius 1 is 1.10 bits per heavy atom. The normalized spacial score (nSPS) is 14.1. The van der Waals surface area contributed by atoms with Gasteiger partial charge in [0.2, 0.25) is 0 Å². The Balaban J connectivity index is 1.57. The second-order valence-corrected chi connectivity index (χ2v) is 8.35. The molecule has 2 amide bonds. The van der Waals surface area contributed by atoms with Crippen LogP contribution < -0.4 is 16.0 Å². The molecule has 0 radical (unpaired) electrons. The van der Waals surface area contributed by atoms with Crippen molar-refractivity contribution in [1.29, 1.82) is 0 Å². The van der Waals surface area contributed by atoms with Crippen LogP contribution in [-0.2, 0) is 19.5 Å². The summed E-state index contributed by atoms with van der Waals surface area (Å²) >= 11 is 1.84. The quantitative estimate of drug-likeness (QED) is 0.471. The minimum Gasteiger partial charge on any atom is -0.357 e. The second kappa shape index (κ2) is 10.9. The number of thiophene rings is 1. The molecule has 2 aromatic rings. The van der Waals surface area contributed by atoms with E-state index in [1.54, 1.807) is 0 Å². The molecule has 29 heavy (non-hydrogen) atoms. The smallest absolute Gasteiger partial charge is 0.321 e. The average Bonchev–Trinajstić information content (AvgIpc) is 3.42. The highest BCUT2D eigenvalue weighted by Crippen LogP contribution is 2.17. The Bertz CT molecular complexity index is 826. The number of anilines is 1. The summed E-state index contributed by atoms with van der Waals surface area (Å²) in [5, 5.41) is 9.70. The van der Waals surface area contributed by atoms with Crippen LogP contribution in [0.3, 0.4) is 0 Å². The fourth-order valence-corrected chi connectivity index (χ4v) is 4.16. The number of amides is 2. The predicted octanol–water partition coefficient (Wildman–Crippen LogP) is 4.19. The van der Waals surface area contributed by atoms with E-state index in [1.807, 2.05) is 40.5 Å². The lowest BCUT2D eigenvalue weighted by Gasteiger charge is -2.16. The first kappa shape index (κ1) is 21.2. The topological polar surface area (TPSA) is 68.8 Å². The summed E-state index contributed by atoms with van der Waals surface area (Å²) in [6, 6.07) is 12.3. The molecule has 3 N–H and O–H groups in total. The van der Waals surface area contributed by atoms with Gasteiger partial charge in [-0.15, -0.1) is 11.3 Å². The van der Waals surface area contributed by atoms with Crippen LogP contribution in [0.5, 0.6) is 0 Å². The zero-order valence-corrected chi connectivity index (χ0v) is 18.1. The molecule has 0 saturated carbocycles. The number of hydrogen-bond donors (Lipinski definition) is 3. The maximum absolute atomic E-state index is 12.3. The third kappa shape index (κ3) is 6.49. The summed E-state index contributed by atoms with van der Waals surface area (Å²) in [5.74, 6) is 0.797. The summed E-state index contributed by atoms with van der Waals surface area (Å²) in [4.78, 5) is 21.6. The van der Waals surface area contributed by atoms with Crippen LogP contribution in [-0.4, -0.2) is 36.5 Å². The van der Waals surface area contributed by atoms with Gasteiger partial charge in [-0.2, -0.15) is 0 Å². The molecule has 1 aromatic carbocycles. The molecule has 1 aromatic heterocycles. The first-order valence-corrected chi connectivity index (χ1v) is 11.2. The molecular weight excluding hydrogens is 382 g/mol. The van der Waals surface area contributed by atoms with Gasteiger partial charge in [-0.3, -0.25) is 0 Å². The van der Waals surface area contributed by atoms with Gasteiger partial charge < -0.3 is 20.9 Å². The second-order valence-electron chi connectivity index (χ2n) is 7.09. The molecule has 0 aliphatic carbocycles. The van der Waals surface area contributed by atoms with Gasteiger partial charge in [-0.25, -0.2) is 9.79 Å². The highest BCUT2D eigenvalue weighted by atomic mass is 32.1. The minimum atomic E-state index is -0.0134. The van der Waals surface area contributed by atoms with Gasteiger partial charge in [-0.1, -0.05) is 19.1 Å². The number of hydrogen-bond acceptors (Lipinski definition) is 3. The first-order chi connectivity index (χ1) is 14.2. The van der Waals surface area contributed by atoms with Gasteiger partial charge in [0.1, 0.15) is 0 Å². The number of carbonyl (C=O) groups is 1. The Hall–Kier alpha value is -2.54. The average molecular weight is 414 g/mol. The van der Waals surface area contributed by atoms with Crippen molar-refractivity contribution in [2.24, 2.45) is 4.99 Å². The van der Waals surface area contributed by atoms with Crippen molar-refractivity contribution in [3.63, 3.8) is 0 Å². The van der Waals surface area contributed by atoms with Crippen molar-refractivity contribution in [3.05, 3.63) is 51.7 Å². The molecule has 1 aliphatic rings. The molecule has 1 aliphatic heterocycles. The Morgan fingerprint density at radius 2 is 1.90 bits per heavy atom. The highest BCUT2D eigenvalue weighted by Gasteiger charge is 2.17. The van der Waals surface area contributed by atoms with E-state index in [9.17, 15) is 4.79 Å². The van der Waals surface area contributed by atoms with Crippen LogP contribution in [0.25, 0.3) is 0 Å². The van der Waals surface area contributed by atoms with Crippen molar-refractivity contribution in [2.75, 3.05) is 25.0 Å². The standard InChI is InChI=1S/C22H31N5OS/c1-3-19-10-11-20(29-19)16-25-21(23-4-2)24-15-17-8-7-9-18(14-17)26-22(28)27-12-5-6-13-27/h7-11,14H,3-6,12-13,15-16H2,1-2H3,(H,26,28)(H2,23,24,25). The van der Waals surface area contributed by atoms with Gasteiger partial charge in [-0.05, 0) is 56.0 Å².